The Bertz CT molecular complexity index is 4790. The molecule has 4 saturated heterocycles. The number of H-pyrrole nitrogens is 1. The Balaban J connectivity index is 1.26. The van der Waals surface area contributed by atoms with E-state index in [9.17, 15) is 102 Å². The van der Waals surface area contributed by atoms with Gasteiger partial charge in [0.2, 0.25) is 112 Å². The first kappa shape index (κ1) is 110. The zero-order chi connectivity index (χ0) is 102. The Labute approximate surface area is 792 Å². The number of hydrogen-bond donors (Lipinski definition) is 23. The molecule has 0 unspecified atom stereocenters. The average molecular weight is 1920 g/mol. The number of carbonyl (C=O) groups excluding carboxylic acids is 19. The summed E-state index contributed by atoms with van der Waals surface area (Å²) in [4.78, 5) is 299. The maximum absolute atomic E-state index is 15.1. The van der Waals surface area contributed by atoms with Crippen LogP contribution in [0.3, 0.4) is 0 Å². The maximum atomic E-state index is 15.1. The lowest BCUT2D eigenvalue weighted by atomic mass is 9.95. The molecule has 752 valence electrons. The number of carboxylic acids is 1. The third-order valence-electron chi connectivity index (χ3n) is 24.3. The lowest BCUT2D eigenvalue weighted by molar-refractivity contribution is -0.146. The summed E-state index contributed by atoms with van der Waals surface area (Å²) in [5, 5.41) is 78.9. The highest BCUT2D eigenvalue weighted by Gasteiger charge is 2.48. The van der Waals surface area contributed by atoms with E-state index in [0.717, 1.165) is 28.5 Å². The van der Waals surface area contributed by atoms with Crippen LogP contribution < -0.4 is 97.0 Å². The third kappa shape index (κ3) is 32.5. The summed E-state index contributed by atoms with van der Waals surface area (Å²) in [6, 6.07) is -11.1. The summed E-state index contributed by atoms with van der Waals surface area (Å²) < 4.78 is 0. The first-order valence-corrected chi connectivity index (χ1v) is 46.1. The minimum Gasteiger partial charge on any atom is -0.481 e. The van der Waals surface area contributed by atoms with Gasteiger partial charge in [-0.25, -0.2) is 4.98 Å². The van der Waals surface area contributed by atoms with Crippen LogP contribution in [0.1, 0.15) is 176 Å². The molecule has 4 aliphatic rings. The molecule has 0 radical (unpaired) electrons. The van der Waals surface area contributed by atoms with E-state index < -0.39 is 288 Å². The van der Waals surface area contributed by atoms with Crippen molar-refractivity contribution in [3.63, 3.8) is 0 Å². The zero-order valence-electron chi connectivity index (χ0n) is 78.9. The summed E-state index contributed by atoms with van der Waals surface area (Å²) in [6.07, 6.45) is -4.74. The minimum absolute atomic E-state index is 0.00951. The van der Waals surface area contributed by atoms with Crippen molar-refractivity contribution < 1.29 is 111 Å². The molecule has 19 amide bonds. The van der Waals surface area contributed by atoms with Crippen molar-refractivity contribution in [2.75, 3.05) is 26.2 Å². The summed E-state index contributed by atoms with van der Waals surface area (Å²) in [5.41, 5.74) is 18.1. The largest absolute Gasteiger partial charge is 0.481 e. The molecule has 0 spiro atoms. The van der Waals surface area contributed by atoms with E-state index in [0.29, 0.717) is 11.1 Å². The van der Waals surface area contributed by atoms with Crippen molar-refractivity contribution in [1.29, 1.82) is 5.41 Å². The number of rotatable bonds is 24. The van der Waals surface area contributed by atoms with Gasteiger partial charge >= 0.3 is 5.97 Å². The molecule has 3 aromatic rings. The number of nitrogens with two attached hydrogens (primary N) is 3. The number of aromatic nitrogens is 2. The van der Waals surface area contributed by atoms with Gasteiger partial charge in [-0.15, -0.1) is 0 Å². The smallest absolute Gasteiger partial charge is 0.303 e. The standard InChI is InChI=1S/C90H134N24O23/c1-12-47(8)70-86(134)108-69(46(6)7)85(133)111-72(50(11)116)89(137)114-36-21-28-61(114)80(128)99-54(27-19-33-96-90(93)94)75(123)110-71(49(10)115)88(136)113-35-22-29-62(113)81(129)100-55(31-32-66(119)120)74(122)105-60(41-65(92)118)87(135)112-34-20-30-63(112)82(130)106-68(45(4)5)84(132)107-67(44(2)3)83(131)104-58(39-53-42-95-43-97-53)78(126)103-57(38-52-25-17-14-18-26-52)77(125)102-56(37-51-23-15-13-16-24-51)76(124)98-48(9)73(121)101-59(40-64(91)117)79(127)109-70/h13-18,23-26,42-50,54-63,67-72,115-116H,12,19-22,27-41H2,1-11H3,(H2,91,117)(H2,92,118)(H,95,97)(H,98,124)(H,99,128)(H,100,129)(H,101,121)(H,102,125)(H,103,126)(H,104,131)(H,105,122)(H,106,130)(H,107,132)(H,108,134)(H,109,127)(H,110,123)(H,111,133)(H,119,120)(H4,93,94,96)/t47-,48-,49+,50+,54-,55-,56-,57-,58-,59-,60-,61-,62-,63-,67-,68-,69-,70-,71-,72-/m0/s1. The lowest BCUT2D eigenvalue weighted by Crippen LogP contribution is -2.63. The van der Waals surface area contributed by atoms with E-state index in [2.05, 4.69) is 89.7 Å². The highest BCUT2D eigenvalue weighted by atomic mass is 16.4. The number of guanidine groups is 1. The molecule has 5 heterocycles. The second-order valence-electron chi connectivity index (χ2n) is 36.1. The van der Waals surface area contributed by atoms with E-state index in [-0.39, 0.29) is 109 Å². The number of aromatic amines is 1. The molecule has 0 saturated carbocycles. The highest BCUT2D eigenvalue weighted by molar-refractivity contribution is 6.03. The maximum Gasteiger partial charge on any atom is 0.303 e. The molecule has 4 fully saturated rings. The molecule has 137 heavy (non-hydrogen) atoms. The van der Waals surface area contributed by atoms with Crippen LogP contribution in [0.4, 0.5) is 0 Å². The van der Waals surface area contributed by atoms with Crippen molar-refractivity contribution in [3.05, 3.63) is 90.0 Å². The first-order chi connectivity index (χ1) is 64.7. The SMILES string of the molecule is CC[C@H](C)[C@@H]1NC(=O)[C@H](CC(N)=O)NC(=O)[C@H](C)NC(=O)[C@H](Cc2ccccc2)NC(=O)[C@H](Cc2ccccc2)NC(=O)[C@H](Cc2c[nH]cn2)NC(=O)[C@H](C(C)C)NC(=O)[C@H](C(C)C)NC(=O)[C@@H]2CCCN2C(=O)[C@H](CC(N)=O)NC(=O)[C@H](CCC(=O)O)NC(=O)[C@@H]2CCCN2C(=O)[C@H]([C@@H](C)O)NC(=O)[C@H](CCCNC(=N)N)NC(=O)[C@@H]2CCCN2C(=O)[C@H]([C@@H](C)O)NC(=O)[C@H](C(C)C)NC1=O. The summed E-state index contributed by atoms with van der Waals surface area (Å²) >= 11 is 0. The number of amides is 19. The molecular formula is C90H134N24O23. The summed E-state index contributed by atoms with van der Waals surface area (Å²) in [5.74, 6) is -24.7. The molecule has 1 aromatic heterocycles. The number of benzene rings is 2. The molecule has 47 heteroatoms. The number of aliphatic hydroxyl groups is 2. The van der Waals surface area contributed by atoms with Crippen LogP contribution in [0.5, 0.6) is 0 Å². The number of carbonyl (C=O) groups is 20. The van der Waals surface area contributed by atoms with E-state index in [4.69, 9.17) is 22.6 Å². The number of aliphatic carboxylic acids is 1. The predicted molar refractivity (Wildman–Crippen MR) is 490 cm³/mol. The van der Waals surface area contributed by atoms with Gasteiger partial charge < -0.3 is 132 Å². The van der Waals surface area contributed by atoms with Crippen molar-refractivity contribution >= 4 is 124 Å². The lowest BCUT2D eigenvalue weighted by Gasteiger charge is -2.33. The van der Waals surface area contributed by atoms with Gasteiger partial charge in [-0.2, -0.15) is 0 Å². The van der Waals surface area contributed by atoms with Crippen LogP contribution in [0.15, 0.2) is 73.2 Å². The van der Waals surface area contributed by atoms with E-state index >= 15 is 9.59 Å². The Morgan fingerprint density at radius 3 is 1.19 bits per heavy atom. The average Bonchev–Trinajstić information content (AvgIpc) is 1.69. The van der Waals surface area contributed by atoms with Crippen molar-refractivity contribution in [1.82, 2.24) is 104 Å². The Kier molecular flexibility index (Phi) is 42.1. The molecule has 4 aliphatic heterocycles. The summed E-state index contributed by atoms with van der Waals surface area (Å²) in [6.45, 7) is 15.5. The van der Waals surface area contributed by atoms with E-state index in [1.807, 2.05) is 0 Å². The topological polar surface area (TPSA) is 723 Å². The van der Waals surface area contributed by atoms with Crippen LogP contribution in [0.25, 0.3) is 0 Å². The van der Waals surface area contributed by atoms with Crippen LogP contribution in [0, 0.1) is 29.1 Å². The second kappa shape index (κ2) is 52.4. The summed E-state index contributed by atoms with van der Waals surface area (Å²) in [7, 11) is 0. The number of fused-ring (bicyclic) bond motifs is 3. The molecule has 20 atom stereocenters. The van der Waals surface area contributed by atoms with Crippen molar-refractivity contribution in [2.45, 2.75) is 294 Å². The van der Waals surface area contributed by atoms with Crippen molar-refractivity contribution in [3.8, 4) is 0 Å². The normalized spacial score (nSPS) is 27.1. The quantitative estimate of drug-likeness (QED) is 0.0225. The van der Waals surface area contributed by atoms with Gasteiger partial charge in [0.05, 0.1) is 37.1 Å². The van der Waals surface area contributed by atoms with Gasteiger partial charge in [0, 0.05) is 58.1 Å². The van der Waals surface area contributed by atoms with E-state index in [1.54, 1.807) is 102 Å². The fourth-order valence-electron chi connectivity index (χ4n) is 16.4. The predicted octanol–water partition coefficient (Wildman–Crippen LogP) is -6.11. The fourth-order valence-corrected chi connectivity index (χ4v) is 16.4. The van der Waals surface area contributed by atoms with Gasteiger partial charge in [-0.1, -0.05) is 122 Å². The number of nitrogens with one attached hydrogen (secondary N) is 17. The van der Waals surface area contributed by atoms with Gasteiger partial charge in [0.15, 0.2) is 5.96 Å². The van der Waals surface area contributed by atoms with Crippen LogP contribution in [-0.4, -0.2) is 305 Å². The van der Waals surface area contributed by atoms with Gasteiger partial charge in [0.25, 0.3) is 0 Å². The number of nitrogens with zero attached hydrogens (tertiary/aromatic N) is 4. The Morgan fingerprint density at radius 1 is 0.423 bits per heavy atom. The molecule has 2 aromatic carbocycles. The molecule has 26 N–H and O–H groups in total. The van der Waals surface area contributed by atoms with Crippen molar-refractivity contribution in [2.24, 2.45) is 40.9 Å². The van der Waals surface area contributed by atoms with Gasteiger partial charge in [-0.05, 0) is 113 Å². The monoisotopic (exact) mass is 1920 g/mol. The van der Waals surface area contributed by atoms with Gasteiger partial charge in [-0.3, -0.25) is 101 Å². The molecule has 0 bridgehead atoms. The second-order valence-corrected chi connectivity index (χ2v) is 36.1. The number of primary amides is 2. The van der Waals surface area contributed by atoms with Gasteiger partial charge in [0.1, 0.15) is 103 Å². The highest BCUT2D eigenvalue weighted by Crippen LogP contribution is 2.26. The van der Waals surface area contributed by atoms with Crippen LogP contribution in [-0.2, 0) is 115 Å². The number of hydrogen-bond acceptors (Lipinski definition) is 24. The third-order valence-corrected chi connectivity index (χ3v) is 24.3. The molecular weight excluding hydrogens is 1790 g/mol. The zero-order valence-corrected chi connectivity index (χ0v) is 78.9. The molecule has 0 aliphatic carbocycles. The number of imidazole rings is 1. The van der Waals surface area contributed by atoms with Crippen LogP contribution >= 0.6 is 0 Å². The van der Waals surface area contributed by atoms with Crippen LogP contribution in [0.2, 0.25) is 0 Å². The minimum atomic E-state index is -1.90. The fraction of sp³-hybridized carbons (Fsp3) is 0.600. The van der Waals surface area contributed by atoms with E-state index in [1.165, 1.54) is 33.3 Å². The number of aliphatic hydroxyl groups excluding tert-OH is 2. The first-order valence-electron chi connectivity index (χ1n) is 46.1. The molecule has 7 rings (SSSR count). The molecule has 47 nitrogen and oxygen atoms in total. The Morgan fingerprint density at radius 2 is 0.766 bits per heavy atom. The number of carboxylic acid groups (broad SMARTS) is 1. The Hall–Kier alpha value is -13.8.